The molecule has 60 heavy (non-hydrogen) atoms. The number of urea groups is 1. The number of hydrogen-bond acceptors (Lipinski definition) is 10. The summed E-state index contributed by atoms with van der Waals surface area (Å²) in [5.74, 6) is -3.29. The molecule has 3 heterocycles. The number of benzene rings is 2. The number of nitrogens with one attached hydrogen (secondary N) is 4. The number of pyridine rings is 1. The van der Waals surface area contributed by atoms with Crippen LogP contribution in [0, 0.1) is 5.92 Å². The lowest BCUT2D eigenvalue weighted by Crippen LogP contribution is -2.56. The molecule has 2 aromatic heterocycles. The van der Waals surface area contributed by atoms with Gasteiger partial charge in [0.1, 0.15) is 23.5 Å². The van der Waals surface area contributed by atoms with E-state index in [2.05, 4.69) is 36.6 Å². The Morgan fingerprint density at radius 2 is 1.67 bits per heavy atom. The molecule has 1 aliphatic carbocycles. The van der Waals surface area contributed by atoms with Crippen molar-refractivity contribution >= 4 is 52.0 Å². The van der Waals surface area contributed by atoms with Crippen LogP contribution in [0.25, 0.3) is 10.8 Å². The van der Waals surface area contributed by atoms with Crippen molar-refractivity contribution in [2.24, 2.45) is 11.7 Å². The third kappa shape index (κ3) is 11.1. The Bertz CT molecular complexity index is 2170. The molecule has 17 heteroatoms. The summed E-state index contributed by atoms with van der Waals surface area (Å²) in [6.07, 6.45) is 9.03. The van der Waals surface area contributed by atoms with Gasteiger partial charge in [-0.25, -0.2) is 14.5 Å². The highest BCUT2D eigenvalue weighted by atomic mass is 16.3. The van der Waals surface area contributed by atoms with Gasteiger partial charge in [-0.3, -0.25) is 29.3 Å². The van der Waals surface area contributed by atoms with E-state index in [1.807, 2.05) is 30.3 Å². The molecule has 17 nitrogen and oxygen atoms in total. The quantitative estimate of drug-likeness (QED) is 0.0669. The Labute approximate surface area is 348 Å². The number of hydrogen-bond donors (Lipinski definition) is 6. The first-order valence-electron chi connectivity index (χ1n) is 20.6. The summed E-state index contributed by atoms with van der Waals surface area (Å²) < 4.78 is 1.50. The maximum atomic E-state index is 14.9. The molecule has 2 aliphatic rings. The first kappa shape index (κ1) is 43.4. The summed E-state index contributed by atoms with van der Waals surface area (Å²) in [6.45, 7) is 3.37. The molecule has 1 saturated carbocycles. The number of likely N-dealkylation sites (tertiary alicyclic amines) is 1. The van der Waals surface area contributed by atoms with Gasteiger partial charge in [-0.2, -0.15) is 0 Å². The third-order valence-electron chi connectivity index (χ3n) is 11.3. The number of anilines is 1. The topological polar surface area (TPSA) is 244 Å². The van der Waals surface area contributed by atoms with Gasteiger partial charge in [-0.15, -0.1) is 5.10 Å². The number of Topliss-reactive ketones (excluding diaryl/α,β-unsaturated/α-hetero) is 1. The molecule has 2 aromatic carbocycles. The molecule has 2 fully saturated rings. The maximum Gasteiger partial charge on any atom is 0.320 e. The third-order valence-corrected chi connectivity index (χ3v) is 11.3. The molecule has 1 unspecified atom stereocenters. The second-order valence-electron chi connectivity index (χ2n) is 16.2. The molecule has 1 saturated heterocycles. The van der Waals surface area contributed by atoms with E-state index in [1.165, 1.54) is 15.8 Å². The number of aliphatic hydroxyl groups is 1. The summed E-state index contributed by atoms with van der Waals surface area (Å²) in [6, 6.07) is 13.6. The van der Waals surface area contributed by atoms with Crippen LogP contribution in [0.2, 0.25) is 0 Å². The van der Waals surface area contributed by atoms with Crippen LogP contribution in [0.4, 0.5) is 10.6 Å². The Morgan fingerprint density at radius 1 is 0.917 bits per heavy atom. The molecule has 6 amide bonds. The van der Waals surface area contributed by atoms with Gasteiger partial charge in [0.15, 0.2) is 0 Å². The molecule has 318 valence electrons. The standard InChI is InChI=1S/C43H54N10O7/c1-43(2,60)35-25-47-51-53(35)31-24-34(40(57)48-32(37(54)38(44)55)16-8-10-21-46-42(59)50-36-17-9-11-20-45-36)52(26-31)41(58)33(22-27-12-4-3-5-13-27)49-39(56)30-19-18-28-14-6-7-15-29(28)23-30/h6-7,9,11,14-15,17-20,23,25,27,31-34,60H,3-5,8,10,12-13,16,21-22,24,26H2,1-2H3,(H2,44,55)(H,48,57)(H,49,56)(H2,45,46,50,59)/t31-,32?,33+,34-/m0/s1. The SMILES string of the molecule is CC(C)(O)c1cnnn1[C@H]1C[C@@H](C(=O)NC(CCCCNC(=O)Nc2ccccn2)C(=O)C(N)=O)N(C(=O)[C@@H](CC2CCCCC2)NC(=O)c2ccc3ccccc3c2)C1. The predicted molar refractivity (Wildman–Crippen MR) is 222 cm³/mol. The average molecular weight is 823 g/mol. The number of amides is 6. The first-order chi connectivity index (χ1) is 28.8. The minimum atomic E-state index is -1.36. The van der Waals surface area contributed by atoms with Crippen molar-refractivity contribution in [1.82, 2.24) is 40.8 Å². The van der Waals surface area contributed by atoms with E-state index in [0.717, 1.165) is 42.9 Å². The summed E-state index contributed by atoms with van der Waals surface area (Å²) in [5, 5.41) is 32.0. The van der Waals surface area contributed by atoms with Crippen molar-refractivity contribution in [3.05, 3.63) is 84.3 Å². The second-order valence-corrected chi connectivity index (χ2v) is 16.2. The molecule has 0 spiro atoms. The summed E-state index contributed by atoms with van der Waals surface area (Å²) in [7, 11) is 0. The molecular weight excluding hydrogens is 769 g/mol. The molecule has 4 aromatic rings. The lowest BCUT2D eigenvalue weighted by atomic mass is 9.84. The van der Waals surface area contributed by atoms with Crippen molar-refractivity contribution in [3.63, 3.8) is 0 Å². The number of ketones is 1. The largest absolute Gasteiger partial charge is 0.384 e. The number of rotatable bonds is 17. The van der Waals surface area contributed by atoms with Crippen molar-refractivity contribution < 1.29 is 33.9 Å². The summed E-state index contributed by atoms with van der Waals surface area (Å²) >= 11 is 0. The molecule has 7 N–H and O–H groups in total. The number of nitrogens with zero attached hydrogens (tertiary/aromatic N) is 5. The van der Waals surface area contributed by atoms with Crippen molar-refractivity contribution in [1.29, 1.82) is 0 Å². The van der Waals surface area contributed by atoms with Crippen LogP contribution >= 0.6 is 0 Å². The van der Waals surface area contributed by atoms with Gasteiger partial charge < -0.3 is 31.7 Å². The molecule has 0 bridgehead atoms. The fourth-order valence-corrected chi connectivity index (χ4v) is 8.17. The smallest absolute Gasteiger partial charge is 0.320 e. The number of fused-ring (bicyclic) bond motifs is 1. The van der Waals surface area contributed by atoms with Crippen LogP contribution in [0.3, 0.4) is 0 Å². The van der Waals surface area contributed by atoms with Crippen molar-refractivity contribution in [3.8, 4) is 0 Å². The van der Waals surface area contributed by atoms with E-state index in [4.69, 9.17) is 5.73 Å². The molecule has 6 rings (SSSR count). The molecular formula is C43H54N10O7. The lowest BCUT2D eigenvalue weighted by Gasteiger charge is -2.32. The van der Waals surface area contributed by atoms with E-state index in [0.29, 0.717) is 36.3 Å². The van der Waals surface area contributed by atoms with Crippen LogP contribution < -0.4 is 27.0 Å². The van der Waals surface area contributed by atoms with Crippen molar-refractivity contribution in [2.45, 2.75) is 108 Å². The highest BCUT2D eigenvalue weighted by Gasteiger charge is 2.45. The zero-order valence-electron chi connectivity index (χ0n) is 34.0. The number of carbonyl (C=O) groups is 6. The van der Waals surface area contributed by atoms with Gasteiger partial charge in [0, 0.05) is 31.3 Å². The second kappa shape index (κ2) is 19.7. The van der Waals surface area contributed by atoms with E-state index in [9.17, 15) is 33.9 Å². The monoisotopic (exact) mass is 822 g/mol. The Balaban J connectivity index is 1.21. The maximum absolute atomic E-state index is 14.9. The van der Waals surface area contributed by atoms with E-state index in [-0.39, 0.29) is 31.8 Å². The van der Waals surface area contributed by atoms with Crippen LogP contribution in [-0.4, -0.2) is 96.6 Å². The van der Waals surface area contributed by atoms with Crippen LogP contribution in [-0.2, 0) is 24.8 Å². The zero-order valence-corrected chi connectivity index (χ0v) is 34.0. The van der Waals surface area contributed by atoms with Gasteiger partial charge in [0.25, 0.3) is 11.8 Å². The number of unbranched alkanes of at least 4 members (excludes halogenated alkanes) is 1. The highest BCUT2D eigenvalue weighted by Crippen LogP contribution is 2.34. The fourth-order valence-electron chi connectivity index (χ4n) is 8.17. The van der Waals surface area contributed by atoms with E-state index < -0.39 is 65.2 Å². The zero-order chi connectivity index (χ0) is 42.8. The Morgan fingerprint density at radius 3 is 2.38 bits per heavy atom. The minimum Gasteiger partial charge on any atom is -0.384 e. The van der Waals surface area contributed by atoms with Gasteiger partial charge >= 0.3 is 6.03 Å². The van der Waals surface area contributed by atoms with E-state index in [1.54, 1.807) is 50.4 Å². The average Bonchev–Trinajstić information content (AvgIpc) is 3.92. The number of primary amides is 1. The van der Waals surface area contributed by atoms with Crippen molar-refractivity contribution in [2.75, 3.05) is 18.4 Å². The minimum absolute atomic E-state index is 0.0168. The van der Waals surface area contributed by atoms with E-state index >= 15 is 0 Å². The molecule has 0 radical (unpaired) electrons. The predicted octanol–water partition coefficient (Wildman–Crippen LogP) is 3.50. The Hall–Kier alpha value is -6.23. The first-order valence-corrected chi connectivity index (χ1v) is 20.6. The number of nitrogens with two attached hydrogens (primary N) is 1. The van der Waals surface area contributed by atoms with Gasteiger partial charge in [0.2, 0.25) is 17.6 Å². The molecule has 1 aliphatic heterocycles. The van der Waals surface area contributed by atoms with Crippen LogP contribution in [0.15, 0.2) is 73.1 Å². The number of carbonyl (C=O) groups excluding carboxylic acids is 6. The Kier molecular flexibility index (Phi) is 14.2. The van der Waals surface area contributed by atoms with Crippen LogP contribution in [0.1, 0.15) is 100 Å². The highest BCUT2D eigenvalue weighted by molar-refractivity contribution is 6.37. The van der Waals surface area contributed by atoms with Gasteiger partial charge in [-0.1, -0.05) is 73.7 Å². The van der Waals surface area contributed by atoms with Crippen LogP contribution in [0.5, 0.6) is 0 Å². The normalized spacial score (nSPS) is 18.0. The number of aromatic nitrogens is 4. The summed E-state index contributed by atoms with van der Waals surface area (Å²) in [5.41, 5.74) is 4.82. The lowest BCUT2D eigenvalue weighted by molar-refractivity contribution is -0.142. The van der Waals surface area contributed by atoms with Gasteiger partial charge in [0.05, 0.1) is 24.0 Å². The molecule has 4 atom stereocenters. The fraction of sp³-hybridized carbons (Fsp3) is 0.465. The summed E-state index contributed by atoms with van der Waals surface area (Å²) in [4.78, 5) is 86.2. The van der Waals surface area contributed by atoms with Gasteiger partial charge in [-0.05, 0) is 80.5 Å².